The number of nitrogens with one attached hydrogen (secondary N) is 1. The zero-order chi connectivity index (χ0) is 23.6. The fourth-order valence-corrected chi connectivity index (χ4v) is 4.52. The fourth-order valence-electron chi connectivity index (χ4n) is 3.97. The summed E-state index contributed by atoms with van der Waals surface area (Å²) in [6, 6.07) is 18.0. The van der Waals surface area contributed by atoms with Crippen molar-refractivity contribution in [3.05, 3.63) is 82.9 Å². The lowest BCUT2D eigenvalue weighted by Crippen LogP contribution is -2.44. The minimum absolute atomic E-state index is 0.191. The standard InChI is InChI=1S/C26H27N3O3S/c1-29(2,13-15-33)12-14-32-21-16-20(28-17-8-4-3-5-9-17)22-23(24(21)27)26(31)19-11-7-6-10-18(19)25(22)30/h3-11,16,28H,12-15,27H2,1-2H3/p+1. The Kier molecular flexibility index (Phi) is 6.44. The highest BCUT2D eigenvalue weighted by Crippen LogP contribution is 2.41. The Bertz CT molecular complexity index is 1210. The Balaban J connectivity index is 1.77. The van der Waals surface area contributed by atoms with Crippen LogP contribution in [0.5, 0.6) is 5.75 Å². The predicted molar refractivity (Wildman–Crippen MR) is 135 cm³/mol. The van der Waals surface area contributed by atoms with Crippen molar-refractivity contribution in [1.82, 2.24) is 0 Å². The van der Waals surface area contributed by atoms with Gasteiger partial charge in [-0.25, -0.2) is 0 Å². The molecule has 0 heterocycles. The van der Waals surface area contributed by atoms with Gasteiger partial charge in [0.05, 0.1) is 43.1 Å². The molecule has 33 heavy (non-hydrogen) atoms. The minimum Gasteiger partial charge on any atom is -0.485 e. The van der Waals surface area contributed by atoms with E-state index < -0.39 is 0 Å². The molecule has 1 aliphatic rings. The molecule has 3 aromatic carbocycles. The van der Waals surface area contributed by atoms with Gasteiger partial charge in [0.15, 0.2) is 11.6 Å². The molecule has 6 nitrogen and oxygen atoms in total. The van der Waals surface area contributed by atoms with E-state index in [0.29, 0.717) is 29.2 Å². The van der Waals surface area contributed by atoms with E-state index in [9.17, 15) is 9.59 Å². The average molecular weight is 463 g/mol. The van der Waals surface area contributed by atoms with Crippen molar-refractivity contribution in [1.29, 1.82) is 0 Å². The summed E-state index contributed by atoms with van der Waals surface area (Å²) >= 11 is 4.32. The van der Waals surface area contributed by atoms with E-state index >= 15 is 0 Å². The van der Waals surface area contributed by atoms with Gasteiger partial charge in [-0.3, -0.25) is 9.59 Å². The van der Waals surface area contributed by atoms with Crippen molar-refractivity contribution in [3.63, 3.8) is 0 Å². The fraction of sp³-hybridized carbons (Fsp3) is 0.231. The molecular weight excluding hydrogens is 434 g/mol. The first-order valence-corrected chi connectivity index (χ1v) is 11.5. The zero-order valence-corrected chi connectivity index (χ0v) is 19.7. The van der Waals surface area contributed by atoms with Crippen LogP contribution in [-0.2, 0) is 0 Å². The molecule has 0 aromatic heterocycles. The molecule has 0 saturated heterocycles. The summed E-state index contributed by atoms with van der Waals surface area (Å²) < 4.78 is 6.81. The van der Waals surface area contributed by atoms with Crippen molar-refractivity contribution < 1.29 is 18.8 Å². The molecule has 0 radical (unpaired) electrons. The molecule has 0 aliphatic heterocycles. The van der Waals surface area contributed by atoms with Crippen LogP contribution >= 0.6 is 12.6 Å². The number of quaternary nitrogens is 1. The smallest absolute Gasteiger partial charge is 0.196 e. The monoisotopic (exact) mass is 462 g/mol. The van der Waals surface area contributed by atoms with Gasteiger partial charge in [-0.1, -0.05) is 42.5 Å². The molecule has 7 heteroatoms. The van der Waals surface area contributed by atoms with E-state index in [1.54, 1.807) is 30.3 Å². The molecule has 0 spiro atoms. The van der Waals surface area contributed by atoms with Crippen molar-refractivity contribution in [3.8, 4) is 5.75 Å². The molecule has 0 unspecified atom stereocenters. The maximum atomic E-state index is 13.4. The van der Waals surface area contributed by atoms with Gasteiger partial charge in [-0.05, 0) is 12.1 Å². The maximum absolute atomic E-state index is 13.4. The first-order chi connectivity index (χ1) is 15.8. The quantitative estimate of drug-likeness (QED) is 0.208. The second-order valence-corrected chi connectivity index (χ2v) is 9.18. The van der Waals surface area contributed by atoms with Crippen LogP contribution in [0.2, 0.25) is 0 Å². The van der Waals surface area contributed by atoms with Gasteiger partial charge in [0.2, 0.25) is 0 Å². The van der Waals surface area contributed by atoms with E-state index in [4.69, 9.17) is 10.5 Å². The van der Waals surface area contributed by atoms with Gasteiger partial charge < -0.3 is 20.3 Å². The third-order valence-corrected chi connectivity index (χ3v) is 6.11. The number of benzene rings is 3. The van der Waals surface area contributed by atoms with E-state index in [-0.39, 0.29) is 28.4 Å². The van der Waals surface area contributed by atoms with E-state index in [2.05, 4.69) is 32.0 Å². The molecule has 3 N–H and O–H groups in total. The third-order valence-electron chi connectivity index (χ3n) is 5.91. The van der Waals surface area contributed by atoms with Crippen LogP contribution < -0.4 is 15.8 Å². The van der Waals surface area contributed by atoms with E-state index in [1.807, 2.05) is 30.3 Å². The molecule has 3 aromatic rings. The molecule has 0 amide bonds. The highest BCUT2D eigenvalue weighted by molar-refractivity contribution is 7.80. The predicted octanol–water partition coefficient (Wildman–Crippen LogP) is 4.17. The maximum Gasteiger partial charge on any atom is 0.196 e. The first kappa shape index (κ1) is 22.9. The van der Waals surface area contributed by atoms with Crippen molar-refractivity contribution >= 4 is 41.3 Å². The molecule has 1 aliphatic carbocycles. The Morgan fingerprint density at radius 2 is 1.52 bits per heavy atom. The number of hydrogen-bond acceptors (Lipinski definition) is 6. The number of thiol groups is 1. The van der Waals surface area contributed by atoms with Crippen LogP contribution in [0.3, 0.4) is 0 Å². The molecule has 0 atom stereocenters. The number of nitrogens with two attached hydrogens (primary N) is 1. The van der Waals surface area contributed by atoms with Gasteiger partial charge >= 0.3 is 0 Å². The molecule has 0 saturated carbocycles. The highest BCUT2D eigenvalue weighted by atomic mass is 32.1. The van der Waals surface area contributed by atoms with Crippen LogP contribution in [0, 0.1) is 0 Å². The molecular formula is C26H28N3O3S+. The second kappa shape index (κ2) is 9.29. The van der Waals surface area contributed by atoms with Crippen LogP contribution in [0.15, 0.2) is 60.7 Å². The van der Waals surface area contributed by atoms with Gasteiger partial charge in [0, 0.05) is 28.6 Å². The number of ketones is 2. The Morgan fingerprint density at radius 3 is 2.15 bits per heavy atom. The molecule has 0 fully saturated rings. The third kappa shape index (κ3) is 4.60. The summed E-state index contributed by atoms with van der Waals surface area (Å²) in [6.45, 7) is 2.05. The van der Waals surface area contributed by atoms with Crippen LogP contribution in [0.25, 0.3) is 0 Å². The number of carbonyl (C=O) groups excluding carboxylic acids is 2. The number of nitrogen functional groups attached to an aromatic ring is 1. The van der Waals surface area contributed by atoms with Gasteiger partial charge in [-0.2, -0.15) is 12.6 Å². The molecule has 170 valence electrons. The highest BCUT2D eigenvalue weighted by Gasteiger charge is 2.35. The van der Waals surface area contributed by atoms with Gasteiger partial charge in [0.25, 0.3) is 0 Å². The van der Waals surface area contributed by atoms with Crippen molar-refractivity contribution in [2.24, 2.45) is 0 Å². The first-order valence-electron chi connectivity index (χ1n) is 10.8. The number of anilines is 3. The van der Waals surface area contributed by atoms with Crippen molar-refractivity contribution in [2.75, 3.05) is 50.6 Å². The molecule has 4 rings (SSSR count). The lowest BCUT2D eigenvalue weighted by atomic mass is 9.82. The summed E-state index contributed by atoms with van der Waals surface area (Å²) in [5, 5.41) is 3.29. The Hall–Kier alpha value is -3.29. The van der Waals surface area contributed by atoms with Crippen LogP contribution in [-0.4, -0.2) is 55.6 Å². The number of para-hydroxylation sites is 1. The van der Waals surface area contributed by atoms with Crippen LogP contribution in [0.1, 0.15) is 31.8 Å². The van der Waals surface area contributed by atoms with Gasteiger partial charge in [-0.15, -0.1) is 0 Å². The number of rotatable bonds is 8. The van der Waals surface area contributed by atoms with Crippen molar-refractivity contribution in [2.45, 2.75) is 0 Å². The summed E-state index contributed by atoms with van der Waals surface area (Å²) in [6.07, 6.45) is 0. The summed E-state index contributed by atoms with van der Waals surface area (Å²) in [5.74, 6) is 0.655. The lowest BCUT2D eigenvalue weighted by molar-refractivity contribution is -0.887. The topological polar surface area (TPSA) is 81.4 Å². The minimum atomic E-state index is -0.273. The normalized spacial score (nSPS) is 12.8. The SMILES string of the molecule is C[N+](C)(CCS)CCOc1cc(Nc2ccccc2)c2c(c1N)C(=O)c1ccccc1C2=O. The van der Waals surface area contributed by atoms with Crippen LogP contribution in [0.4, 0.5) is 17.1 Å². The Morgan fingerprint density at radius 1 is 0.909 bits per heavy atom. The number of carbonyl (C=O) groups is 2. The number of nitrogens with zero attached hydrogens (tertiary/aromatic N) is 1. The summed E-state index contributed by atoms with van der Waals surface area (Å²) in [7, 11) is 4.22. The van der Waals surface area contributed by atoms with E-state index in [0.717, 1.165) is 29.0 Å². The number of fused-ring (bicyclic) bond motifs is 2. The summed E-state index contributed by atoms with van der Waals surface area (Å²) in [4.78, 5) is 26.9. The largest absolute Gasteiger partial charge is 0.485 e. The Labute approximate surface area is 199 Å². The lowest BCUT2D eigenvalue weighted by Gasteiger charge is -2.29. The van der Waals surface area contributed by atoms with Gasteiger partial charge in [0.1, 0.15) is 18.9 Å². The number of likely N-dealkylation sites (N-methyl/N-ethyl adjacent to an activating group) is 1. The number of hydrogen-bond donors (Lipinski definition) is 3. The second-order valence-electron chi connectivity index (χ2n) is 8.74. The zero-order valence-electron chi connectivity index (χ0n) is 18.8. The average Bonchev–Trinajstić information content (AvgIpc) is 2.80. The molecule has 0 bridgehead atoms. The number of ether oxygens (including phenoxy) is 1. The van der Waals surface area contributed by atoms with E-state index in [1.165, 1.54) is 0 Å². The summed E-state index contributed by atoms with van der Waals surface area (Å²) in [5.41, 5.74) is 9.13.